The Kier molecular flexibility index (Phi) is 3.95. The number of aryl methyl sites for hydroxylation is 1. The molecule has 1 aromatic heterocycles. The molecule has 3 nitrogen and oxygen atoms in total. The first-order valence-electron chi connectivity index (χ1n) is 5.49. The summed E-state index contributed by atoms with van der Waals surface area (Å²) >= 11 is 0. The van der Waals surface area contributed by atoms with Crippen LogP contribution in [0.5, 0.6) is 0 Å². The van der Waals surface area contributed by atoms with Crippen molar-refractivity contribution in [2.24, 2.45) is 0 Å². The Morgan fingerprint density at radius 3 is 2.07 bits per heavy atom. The fourth-order valence-electron chi connectivity index (χ4n) is 1.40. The zero-order valence-corrected chi connectivity index (χ0v) is 10.3. The molecule has 0 saturated carbocycles. The van der Waals surface area contributed by atoms with Crippen molar-refractivity contribution in [3.8, 4) is 0 Å². The third-order valence-corrected chi connectivity index (χ3v) is 1.97. The molecule has 1 aromatic rings. The van der Waals surface area contributed by atoms with E-state index >= 15 is 0 Å². The molecule has 0 amide bonds. The van der Waals surface area contributed by atoms with E-state index < -0.39 is 0 Å². The van der Waals surface area contributed by atoms with Crippen molar-refractivity contribution < 1.29 is 0 Å². The molecule has 0 aliphatic carbocycles. The number of anilines is 2. The van der Waals surface area contributed by atoms with E-state index in [1.165, 1.54) is 0 Å². The summed E-state index contributed by atoms with van der Waals surface area (Å²) in [7, 11) is 0. The smallest absolute Gasteiger partial charge is 0.126 e. The van der Waals surface area contributed by atoms with Crippen molar-refractivity contribution in [3.05, 3.63) is 17.8 Å². The van der Waals surface area contributed by atoms with Crippen LogP contribution < -0.4 is 10.6 Å². The number of hydrogen-bond acceptors (Lipinski definition) is 3. The lowest BCUT2D eigenvalue weighted by Crippen LogP contribution is -2.14. The SMILES string of the molecule is Cc1nc(NC(C)C)ccc1NC(C)C. The molecule has 0 radical (unpaired) electrons. The molecule has 15 heavy (non-hydrogen) atoms. The summed E-state index contributed by atoms with van der Waals surface area (Å²) in [5.74, 6) is 0.941. The summed E-state index contributed by atoms with van der Waals surface area (Å²) in [6.07, 6.45) is 0. The standard InChI is InChI=1S/C12H21N3/c1-8(2)13-11-6-7-12(14-9(3)4)15-10(11)5/h6-9,13H,1-5H3,(H,14,15). The van der Waals surface area contributed by atoms with Gasteiger partial charge in [-0.15, -0.1) is 0 Å². The summed E-state index contributed by atoms with van der Waals surface area (Å²) in [4.78, 5) is 4.49. The molecule has 0 atom stereocenters. The van der Waals surface area contributed by atoms with Crippen molar-refractivity contribution >= 4 is 11.5 Å². The van der Waals surface area contributed by atoms with Crippen LogP contribution in [-0.2, 0) is 0 Å². The van der Waals surface area contributed by atoms with Gasteiger partial charge in [-0.1, -0.05) is 0 Å². The second kappa shape index (κ2) is 5.01. The van der Waals surface area contributed by atoms with Crippen LogP contribution in [0.3, 0.4) is 0 Å². The number of pyridine rings is 1. The number of hydrogen-bond donors (Lipinski definition) is 2. The van der Waals surface area contributed by atoms with E-state index in [1.807, 2.05) is 13.0 Å². The molecule has 0 bridgehead atoms. The monoisotopic (exact) mass is 207 g/mol. The average molecular weight is 207 g/mol. The maximum absolute atomic E-state index is 4.49. The highest BCUT2D eigenvalue weighted by Gasteiger charge is 2.03. The van der Waals surface area contributed by atoms with E-state index in [0.29, 0.717) is 12.1 Å². The van der Waals surface area contributed by atoms with Crippen LogP contribution in [0.25, 0.3) is 0 Å². The lowest BCUT2D eigenvalue weighted by molar-refractivity contribution is 0.879. The molecular formula is C12H21N3. The van der Waals surface area contributed by atoms with E-state index in [1.54, 1.807) is 0 Å². The summed E-state index contributed by atoms with van der Waals surface area (Å²) in [5, 5.41) is 6.65. The van der Waals surface area contributed by atoms with E-state index in [-0.39, 0.29) is 0 Å². The minimum absolute atomic E-state index is 0.417. The van der Waals surface area contributed by atoms with Gasteiger partial charge in [-0.05, 0) is 46.8 Å². The highest BCUT2D eigenvalue weighted by molar-refractivity contribution is 5.53. The van der Waals surface area contributed by atoms with Crippen LogP contribution in [0.4, 0.5) is 11.5 Å². The Morgan fingerprint density at radius 2 is 1.60 bits per heavy atom. The minimum atomic E-state index is 0.417. The van der Waals surface area contributed by atoms with Crippen molar-refractivity contribution in [1.29, 1.82) is 0 Å². The zero-order chi connectivity index (χ0) is 11.4. The van der Waals surface area contributed by atoms with Crippen molar-refractivity contribution in [3.63, 3.8) is 0 Å². The Bertz CT molecular complexity index is 319. The predicted octanol–water partition coefficient (Wildman–Crippen LogP) is 3.03. The molecule has 2 N–H and O–H groups in total. The molecule has 0 fully saturated rings. The zero-order valence-electron chi connectivity index (χ0n) is 10.3. The van der Waals surface area contributed by atoms with E-state index in [4.69, 9.17) is 0 Å². The second-order valence-electron chi connectivity index (χ2n) is 4.43. The Hall–Kier alpha value is -1.25. The summed E-state index contributed by atoms with van der Waals surface area (Å²) in [5.41, 5.74) is 2.15. The first-order chi connectivity index (χ1) is 6.99. The van der Waals surface area contributed by atoms with Gasteiger partial charge in [0, 0.05) is 12.1 Å². The van der Waals surface area contributed by atoms with Gasteiger partial charge in [-0.25, -0.2) is 4.98 Å². The molecule has 84 valence electrons. The molecule has 3 heteroatoms. The molecule has 0 unspecified atom stereocenters. The second-order valence-corrected chi connectivity index (χ2v) is 4.43. The molecule has 1 heterocycles. The molecule has 1 rings (SSSR count). The molecule has 0 aliphatic heterocycles. The Labute approximate surface area is 92.3 Å². The van der Waals surface area contributed by atoms with Crippen molar-refractivity contribution in [1.82, 2.24) is 4.98 Å². The van der Waals surface area contributed by atoms with Gasteiger partial charge in [0.15, 0.2) is 0 Å². The largest absolute Gasteiger partial charge is 0.381 e. The predicted molar refractivity (Wildman–Crippen MR) is 66.5 cm³/mol. The van der Waals surface area contributed by atoms with Gasteiger partial charge in [-0.3, -0.25) is 0 Å². The van der Waals surface area contributed by atoms with Gasteiger partial charge in [0.05, 0.1) is 11.4 Å². The van der Waals surface area contributed by atoms with Gasteiger partial charge in [0.1, 0.15) is 5.82 Å². The van der Waals surface area contributed by atoms with Crippen LogP contribution >= 0.6 is 0 Å². The number of nitrogens with one attached hydrogen (secondary N) is 2. The first kappa shape index (κ1) is 11.8. The van der Waals surface area contributed by atoms with Crippen LogP contribution in [0.1, 0.15) is 33.4 Å². The fraction of sp³-hybridized carbons (Fsp3) is 0.583. The molecule has 0 aliphatic rings. The average Bonchev–Trinajstić information content (AvgIpc) is 2.08. The van der Waals surface area contributed by atoms with Gasteiger partial charge in [-0.2, -0.15) is 0 Å². The number of nitrogens with zero attached hydrogens (tertiary/aromatic N) is 1. The highest BCUT2D eigenvalue weighted by atomic mass is 15.0. The number of rotatable bonds is 4. The van der Waals surface area contributed by atoms with Crippen molar-refractivity contribution in [2.45, 2.75) is 46.7 Å². The maximum Gasteiger partial charge on any atom is 0.126 e. The van der Waals surface area contributed by atoms with Gasteiger partial charge >= 0.3 is 0 Å². The van der Waals surface area contributed by atoms with Gasteiger partial charge in [0.25, 0.3) is 0 Å². The third kappa shape index (κ3) is 3.78. The third-order valence-electron chi connectivity index (χ3n) is 1.97. The van der Waals surface area contributed by atoms with E-state index in [2.05, 4.69) is 49.4 Å². The van der Waals surface area contributed by atoms with Crippen LogP contribution in [0.15, 0.2) is 12.1 Å². The maximum atomic E-state index is 4.49. The fourth-order valence-corrected chi connectivity index (χ4v) is 1.40. The Morgan fingerprint density at radius 1 is 1.00 bits per heavy atom. The van der Waals surface area contributed by atoms with Crippen LogP contribution in [0, 0.1) is 6.92 Å². The lowest BCUT2D eigenvalue weighted by Gasteiger charge is -2.14. The number of aromatic nitrogens is 1. The summed E-state index contributed by atoms with van der Waals surface area (Å²) in [6, 6.07) is 4.94. The Balaban J connectivity index is 2.78. The van der Waals surface area contributed by atoms with E-state index in [0.717, 1.165) is 17.2 Å². The van der Waals surface area contributed by atoms with Crippen LogP contribution in [-0.4, -0.2) is 17.1 Å². The molecule has 0 spiro atoms. The quantitative estimate of drug-likeness (QED) is 0.797. The van der Waals surface area contributed by atoms with E-state index in [9.17, 15) is 0 Å². The summed E-state index contributed by atoms with van der Waals surface area (Å²) in [6.45, 7) is 10.5. The molecule has 0 aromatic carbocycles. The summed E-state index contributed by atoms with van der Waals surface area (Å²) < 4.78 is 0. The molecular weight excluding hydrogens is 186 g/mol. The molecule has 0 saturated heterocycles. The first-order valence-corrected chi connectivity index (χ1v) is 5.49. The minimum Gasteiger partial charge on any atom is -0.381 e. The van der Waals surface area contributed by atoms with Crippen LogP contribution in [0.2, 0.25) is 0 Å². The normalized spacial score (nSPS) is 10.9. The van der Waals surface area contributed by atoms with Gasteiger partial charge in [0.2, 0.25) is 0 Å². The highest BCUT2D eigenvalue weighted by Crippen LogP contribution is 2.16. The van der Waals surface area contributed by atoms with Crippen molar-refractivity contribution in [2.75, 3.05) is 10.6 Å². The lowest BCUT2D eigenvalue weighted by atomic mass is 10.2. The van der Waals surface area contributed by atoms with Gasteiger partial charge < -0.3 is 10.6 Å². The topological polar surface area (TPSA) is 37.0 Å².